The number of hydrogen-bond acceptors (Lipinski definition) is 6. The number of furan rings is 1. The number of halogens is 1. The second-order valence-corrected chi connectivity index (χ2v) is 9.73. The topological polar surface area (TPSA) is 106 Å². The molecule has 10 heteroatoms. The summed E-state index contributed by atoms with van der Waals surface area (Å²) in [6.45, 7) is 3.73. The Kier molecular flexibility index (Phi) is 8.74. The number of amides is 2. The van der Waals surface area contributed by atoms with Gasteiger partial charge in [-0.25, -0.2) is 0 Å². The van der Waals surface area contributed by atoms with Crippen molar-refractivity contribution in [3.63, 3.8) is 0 Å². The van der Waals surface area contributed by atoms with Crippen molar-refractivity contribution in [1.29, 1.82) is 0 Å². The normalized spacial score (nSPS) is 15.0. The quantitative estimate of drug-likeness (QED) is 0.412. The fourth-order valence-electron chi connectivity index (χ4n) is 4.58. The van der Waals surface area contributed by atoms with Gasteiger partial charge in [0.05, 0.1) is 0 Å². The number of nitrogens with zero attached hydrogens (tertiary/aromatic N) is 5. The van der Waals surface area contributed by atoms with Crippen molar-refractivity contribution in [1.82, 2.24) is 25.5 Å². The summed E-state index contributed by atoms with van der Waals surface area (Å²) >= 11 is 6.12. The summed E-state index contributed by atoms with van der Waals surface area (Å²) in [5, 5.41) is 16.1. The van der Waals surface area contributed by atoms with Gasteiger partial charge < -0.3 is 9.73 Å². The average molecular weight is 513 g/mol. The molecule has 1 atom stereocenters. The van der Waals surface area contributed by atoms with Gasteiger partial charge in [-0.3, -0.25) is 14.5 Å². The first kappa shape index (κ1) is 25.9. The van der Waals surface area contributed by atoms with Gasteiger partial charge in [0.25, 0.3) is 5.91 Å². The zero-order valence-electron chi connectivity index (χ0n) is 20.8. The van der Waals surface area contributed by atoms with Crippen molar-refractivity contribution in [3.05, 3.63) is 47.2 Å². The fourth-order valence-corrected chi connectivity index (χ4v) is 4.71. The third kappa shape index (κ3) is 6.51. The Hall–Kier alpha value is -3.20. The molecule has 0 spiro atoms. The third-order valence-corrected chi connectivity index (χ3v) is 6.71. The summed E-state index contributed by atoms with van der Waals surface area (Å²) in [5.41, 5.74) is 0.603. The van der Waals surface area contributed by atoms with E-state index in [4.69, 9.17) is 16.0 Å². The predicted molar refractivity (Wildman–Crippen MR) is 138 cm³/mol. The number of rotatable bonds is 10. The smallest absolute Gasteiger partial charge is 0.251 e. The molecule has 1 fully saturated rings. The van der Waals surface area contributed by atoms with E-state index in [-0.39, 0.29) is 24.4 Å². The Bertz CT molecular complexity index is 1150. The summed E-state index contributed by atoms with van der Waals surface area (Å²) < 4.78 is 5.56. The van der Waals surface area contributed by atoms with Crippen molar-refractivity contribution in [2.75, 3.05) is 4.90 Å². The molecule has 192 valence electrons. The van der Waals surface area contributed by atoms with Crippen LogP contribution in [-0.2, 0) is 16.1 Å². The Morgan fingerprint density at radius 3 is 2.58 bits per heavy atom. The number of hydrogen-bond donors (Lipinski definition) is 1. The molecule has 1 N–H and O–H groups in total. The highest BCUT2D eigenvalue weighted by molar-refractivity contribution is 6.30. The third-order valence-electron chi connectivity index (χ3n) is 6.46. The van der Waals surface area contributed by atoms with Crippen LogP contribution in [0.5, 0.6) is 0 Å². The van der Waals surface area contributed by atoms with Crippen molar-refractivity contribution in [3.8, 4) is 11.6 Å². The summed E-state index contributed by atoms with van der Waals surface area (Å²) in [7, 11) is 0. The summed E-state index contributed by atoms with van der Waals surface area (Å²) in [6, 6.07) is 10.0. The van der Waals surface area contributed by atoms with Crippen molar-refractivity contribution in [2.45, 2.75) is 83.8 Å². The summed E-state index contributed by atoms with van der Waals surface area (Å²) in [6.07, 6.45) is 7.63. The van der Waals surface area contributed by atoms with Crippen LogP contribution < -0.4 is 10.2 Å². The lowest BCUT2D eigenvalue weighted by Gasteiger charge is -2.33. The summed E-state index contributed by atoms with van der Waals surface area (Å²) in [4.78, 5) is 30.1. The second kappa shape index (κ2) is 12.2. The van der Waals surface area contributed by atoms with E-state index in [2.05, 4.69) is 27.7 Å². The number of carbonyl (C=O) groups excluding carboxylic acids is 2. The minimum absolute atomic E-state index is 0.128. The van der Waals surface area contributed by atoms with Gasteiger partial charge in [-0.05, 0) is 67.8 Å². The van der Waals surface area contributed by atoms with E-state index in [9.17, 15) is 9.59 Å². The number of tetrazole rings is 1. The molecule has 0 saturated heterocycles. The van der Waals surface area contributed by atoms with Crippen LogP contribution in [0, 0.1) is 6.92 Å². The van der Waals surface area contributed by atoms with Crippen LogP contribution in [0.25, 0.3) is 11.6 Å². The fraction of sp³-hybridized carbons (Fsp3) is 0.500. The number of anilines is 1. The number of benzene rings is 1. The highest BCUT2D eigenvalue weighted by Crippen LogP contribution is 2.25. The second-order valence-electron chi connectivity index (χ2n) is 9.30. The highest BCUT2D eigenvalue weighted by Gasteiger charge is 2.32. The number of carbonyl (C=O) groups is 2. The molecular weight excluding hydrogens is 480 g/mol. The molecule has 3 aromatic rings. The Morgan fingerprint density at radius 2 is 1.92 bits per heavy atom. The maximum Gasteiger partial charge on any atom is 0.251 e. The van der Waals surface area contributed by atoms with Crippen LogP contribution in [0.4, 0.5) is 5.69 Å². The minimum Gasteiger partial charge on any atom is -0.458 e. The summed E-state index contributed by atoms with van der Waals surface area (Å²) in [5.74, 6) is 1.07. The van der Waals surface area contributed by atoms with Gasteiger partial charge in [0.15, 0.2) is 5.76 Å². The van der Waals surface area contributed by atoms with E-state index in [1.807, 2.05) is 13.0 Å². The van der Waals surface area contributed by atoms with Gasteiger partial charge in [-0.15, -0.1) is 10.2 Å². The van der Waals surface area contributed by atoms with E-state index in [0.717, 1.165) is 44.3 Å². The molecular formula is C26H33ClN6O3. The lowest BCUT2D eigenvalue weighted by molar-refractivity contribution is -0.127. The first-order valence-electron chi connectivity index (χ1n) is 12.7. The molecule has 0 aliphatic heterocycles. The predicted octanol–water partition coefficient (Wildman–Crippen LogP) is 4.94. The largest absolute Gasteiger partial charge is 0.458 e. The lowest BCUT2D eigenvalue weighted by atomic mass is 9.95. The zero-order valence-corrected chi connectivity index (χ0v) is 21.6. The molecule has 1 aromatic carbocycles. The highest BCUT2D eigenvalue weighted by atomic mass is 35.5. The van der Waals surface area contributed by atoms with Gasteiger partial charge in [0.1, 0.15) is 18.3 Å². The van der Waals surface area contributed by atoms with Gasteiger partial charge >= 0.3 is 0 Å². The molecule has 0 radical (unpaired) electrons. The number of aryl methyl sites for hydroxylation is 1. The van der Waals surface area contributed by atoms with Gasteiger partial charge in [0, 0.05) is 16.8 Å². The van der Waals surface area contributed by atoms with Crippen molar-refractivity contribution in [2.24, 2.45) is 0 Å². The maximum atomic E-state index is 13.7. The Morgan fingerprint density at radius 1 is 1.17 bits per heavy atom. The van der Waals surface area contributed by atoms with Crippen LogP contribution in [0.15, 0.2) is 40.8 Å². The maximum absolute atomic E-state index is 13.7. The van der Waals surface area contributed by atoms with Crippen LogP contribution in [0.3, 0.4) is 0 Å². The van der Waals surface area contributed by atoms with Crippen LogP contribution in [0.1, 0.15) is 64.1 Å². The molecule has 0 unspecified atom stereocenters. The number of nitrogens with one attached hydrogen (secondary N) is 1. The molecule has 2 amide bonds. The molecule has 36 heavy (non-hydrogen) atoms. The molecule has 9 nitrogen and oxygen atoms in total. The van der Waals surface area contributed by atoms with E-state index in [0.29, 0.717) is 28.7 Å². The van der Waals surface area contributed by atoms with Crippen LogP contribution in [-0.4, -0.2) is 44.1 Å². The van der Waals surface area contributed by atoms with Crippen molar-refractivity contribution < 1.29 is 14.0 Å². The van der Waals surface area contributed by atoms with Crippen LogP contribution >= 0.6 is 11.6 Å². The molecule has 1 aliphatic carbocycles. The van der Waals surface area contributed by atoms with Crippen molar-refractivity contribution >= 4 is 29.1 Å². The molecule has 1 saturated carbocycles. The van der Waals surface area contributed by atoms with Gasteiger partial charge in [0.2, 0.25) is 11.7 Å². The van der Waals surface area contributed by atoms with Crippen LogP contribution in [0.2, 0.25) is 5.02 Å². The monoisotopic (exact) mass is 512 g/mol. The number of unbranched alkanes of at least 4 members (excludes halogenated alkanes) is 1. The standard InChI is InChI=1S/C26H33ClN6O3/c1-3-4-10-22(26(35)28-20-8-6-5-7-9-20)33(21-14-12-19(27)13-15-21)24(34)17-32-30-25(29-31-32)23-16-11-18(2)36-23/h11-16,20,22H,3-10,17H2,1-2H3,(H,28,35)/t22-/m1/s1. The van der Waals surface area contributed by atoms with E-state index < -0.39 is 6.04 Å². The zero-order chi connectivity index (χ0) is 25.5. The van der Waals surface area contributed by atoms with E-state index >= 15 is 0 Å². The first-order chi connectivity index (χ1) is 17.4. The van der Waals surface area contributed by atoms with Gasteiger partial charge in [-0.2, -0.15) is 4.80 Å². The minimum atomic E-state index is -0.656. The van der Waals surface area contributed by atoms with E-state index in [1.165, 1.54) is 11.2 Å². The van der Waals surface area contributed by atoms with Gasteiger partial charge in [-0.1, -0.05) is 50.6 Å². The molecule has 2 heterocycles. The Balaban J connectivity index is 1.59. The molecule has 2 aromatic heterocycles. The molecule has 0 bridgehead atoms. The first-order valence-corrected chi connectivity index (χ1v) is 13.0. The number of aromatic nitrogens is 4. The lowest BCUT2D eigenvalue weighted by Crippen LogP contribution is -2.53. The SMILES string of the molecule is CCCC[C@H](C(=O)NC1CCCCC1)N(C(=O)Cn1nnc(-c2ccc(C)o2)n1)c1ccc(Cl)cc1. The molecule has 1 aliphatic rings. The van der Waals surface area contributed by atoms with E-state index in [1.54, 1.807) is 35.2 Å². The average Bonchev–Trinajstić information content (AvgIpc) is 3.52. The molecule has 4 rings (SSSR count). The Labute approximate surface area is 216 Å².